The molecule has 0 saturated heterocycles. The molecule has 0 heterocycles. The Kier molecular flexibility index (Phi) is 17.2. The third kappa shape index (κ3) is 13.7. The van der Waals surface area contributed by atoms with E-state index in [1.54, 1.807) is 12.1 Å². The number of halogens is 1. The molecule has 0 radical (unpaired) electrons. The van der Waals surface area contributed by atoms with E-state index in [1.165, 1.54) is 19.3 Å². The van der Waals surface area contributed by atoms with Gasteiger partial charge in [-0.3, -0.25) is 0 Å². The lowest BCUT2D eigenvalue weighted by Crippen LogP contribution is -2.46. The van der Waals surface area contributed by atoms with Crippen molar-refractivity contribution in [2.45, 2.75) is 58.9 Å². The second kappa shape index (κ2) is 20.6. The van der Waals surface area contributed by atoms with Gasteiger partial charge in [0, 0.05) is 38.5 Å². The van der Waals surface area contributed by atoms with Gasteiger partial charge in [-0.2, -0.15) is 0 Å². The average Bonchev–Trinajstić information content (AvgIpc) is 3.00. The summed E-state index contributed by atoms with van der Waals surface area (Å²) in [6.07, 6.45) is 6.49. The minimum atomic E-state index is -2.70. The number of methoxy groups -OCH3 is 1. The molecule has 0 fully saturated rings. The van der Waals surface area contributed by atoms with Crippen molar-refractivity contribution in [3.05, 3.63) is 59.9 Å². The maximum atomic E-state index is 14.6. The van der Waals surface area contributed by atoms with Gasteiger partial charge < -0.3 is 32.8 Å². The summed E-state index contributed by atoms with van der Waals surface area (Å²) in [6.45, 7) is 8.51. The van der Waals surface area contributed by atoms with E-state index in [4.69, 9.17) is 22.8 Å². The molecule has 0 spiro atoms. The normalized spacial score (nSPS) is 11.5. The Morgan fingerprint density at radius 3 is 2.07 bits per heavy atom. The molecule has 0 aromatic heterocycles. The predicted molar refractivity (Wildman–Crippen MR) is 166 cm³/mol. The first-order chi connectivity index (χ1) is 20.9. The third-order valence-electron chi connectivity index (χ3n) is 6.34. The Bertz CT molecular complexity index is 1110. The Morgan fingerprint density at radius 2 is 1.47 bits per heavy atom. The Balaban J connectivity index is 1.60. The van der Waals surface area contributed by atoms with E-state index < -0.39 is 26.7 Å². The summed E-state index contributed by atoms with van der Waals surface area (Å²) < 4.78 is 47.6. The zero-order valence-corrected chi connectivity index (χ0v) is 26.8. The molecule has 0 aliphatic carbocycles. The SMILES string of the molecule is CCO[Si](CCCNC(=O)OCCCCCCOc1ccc(-c2ccc(/C=C/C(=O)OC)cc2)cc1F)(OCC)OCC. The second-order valence-corrected chi connectivity index (χ2v) is 12.3. The maximum Gasteiger partial charge on any atom is 0.500 e. The lowest BCUT2D eigenvalue weighted by Gasteiger charge is -2.28. The van der Waals surface area contributed by atoms with Crippen LogP contribution in [0.15, 0.2) is 48.5 Å². The summed E-state index contributed by atoms with van der Waals surface area (Å²) in [4.78, 5) is 23.2. The van der Waals surface area contributed by atoms with Gasteiger partial charge in [-0.15, -0.1) is 0 Å². The van der Waals surface area contributed by atoms with Crippen LogP contribution in [0.2, 0.25) is 6.04 Å². The van der Waals surface area contributed by atoms with Gasteiger partial charge in [-0.05, 0) is 87.8 Å². The number of rotatable bonds is 21. The van der Waals surface area contributed by atoms with E-state index in [0.717, 1.165) is 42.4 Å². The summed E-state index contributed by atoms with van der Waals surface area (Å²) in [5.74, 6) is -0.635. The number of unbranched alkanes of at least 4 members (excludes halogenated alkanes) is 3. The molecule has 0 aliphatic rings. The van der Waals surface area contributed by atoms with Crippen molar-refractivity contribution in [3.63, 3.8) is 0 Å². The molecule has 238 valence electrons. The van der Waals surface area contributed by atoms with Gasteiger partial charge in [-0.1, -0.05) is 30.3 Å². The highest BCUT2D eigenvalue weighted by atomic mass is 28.4. The molecule has 0 aliphatic heterocycles. The number of ether oxygens (including phenoxy) is 3. The molecule has 2 aromatic rings. The molecule has 2 rings (SSSR count). The summed E-state index contributed by atoms with van der Waals surface area (Å²) in [5, 5.41) is 2.76. The van der Waals surface area contributed by atoms with Crippen LogP contribution in [-0.2, 0) is 27.5 Å². The first kappa shape index (κ1) is 35.9. The number of hydrogen-bond acceptors (Lipinski definition) is 8. The molecule has 0 bridgehead atoms. The van der Waals surface area contributed by atoms with Crippen LogP contribution in [0.4, 0.5) is 9.18 Å². The predicted octanol–water partition coefficient (Wildman–Crippen LogP) is 6.78. The fourth-order valence-electron chi connectivity index (χ4n) is 4.27. The number of carbonyl (C=O) groups is 2. The van der Waals surface area contributed by atoms with Gasteiger partial charge in [0.25, 0.3) is 0 Å². The smallest absolute Gasteiger partial charge is 0.491 e. The van der Waals surface area contributed by atoms with Crippen molar-refractivity contribution in [2.75, 3.05) is 46.7 Å². The minimum absolute atomic E-state index is 0.213. The van der Waals surface area contributed by atoms with Gasteiger partial charge in [0.2, 0.25) is 0 Å². The first-order valence-corrected chi connectivity index (χ1v) is 16.9. The summed E-state index contributed by atoms with van der Waals surface area (Å²) in [5.41, 5.74) is 2.42. The minimum Gasteiger partial charge on any atom is -0.491 e. The van der Waals surface area contributed by atoms with Gasteiger partial charge in [0.1, 0.15) is 0 Å². The Morgan fingerprint density at radius 1 is 0.837 bits per heavy atom. The summed E-state index contributed by atoms with van der Waals surface area (Å²) >= 11 is 0. The van der Waals surface area contributed by atoms with Crippen molar-refractivity contribution in [3.8, 4) is 16.9 Å². The molecule has 9 nitrogen and oxygen atoms in total. The zero-order valence-electron chi connectivity index (χ0n) is 25.8. The fraction of sp³-hybridized carbons (Fsp3) is 0.500. The largest absolute Gasteiger partial charge is 0.500 e. The Labute approximate surface area is 256 Å². The van der Waals surface area contributed by atoms with Crippen LogP contribution in [-0.4, -0.2) is 67.6 Å². The highest BCUT2D eigenvalue weighted by Gasteiger charge is 2.39. The van der Waals surface area contributed by atoms with Crippen LogP contribution in [0, 0.1) is 5.82 Å². The monoisotopic (exact) mass is 619 g/mol. The van der Waals surface area contributed by atoms with Crippen LogP contribution in [0.25, 0.3) is 17.2 Å². The lowest BCUT2D eigenvalue weighted by atomic mass is 10.0. The molecule has 1 amide bonds. The number of hydrogen-bond donors (Lipinski definition) is 1. The van der Waals surface area contributed by atoms with E-state index in [2.05, 4.69) is 10.1 Å². The highest BCUT2D eigenvalue weighted by molar-refractivity contribution is 6.60. The van der Waals surface area contributed by atoms with Crippen LogP contribution in [0.3, 0.4) is 0 Å². The van der Waals surface area contributed by atoms with Crippen LogP contribution in [0.1, 0.15) is 58.4 Å². The van der Waals surface area contributed by atoms with E-state index in [0.29, 0.717) is 52.0 Å². The van der Waals surface area contributed by atoms with E-state index in [-0.39, 0.29) is 5.75 Å². The molecule has 1 N–H and O–H groups in total. The van der Waals surface area contributed by atoms with Crippen molar-refractivity contribution < 1.29 is 41.5 Å². The topological polar surface area (TPSA) is 102 Å². The fourth-order valence-corrected chi connectivity index (χ4v) is 6.88. The van der Waals surface area contributed by atoms with Crippen LogP contribution >= 0.6 is 0 Å². The molecule has 2 aromatic carbocycles. The zero-order chi connectivity index (χ0) is 31.3. The molecule has 43 heavy (non-hydrogen) atoms. The first-order valence-electron chi connectivity index (χ1n) is 15.0. The third-order valence-corrected chi connectivity index (χ3v) is 9.49. The Hall–Kier alpha value is -3.25. The second-order valence-electron chi connectivity index (χ2n) is 9.53. The number of benzene rings is 2. The number of carbonyl (C=O) groups excluding carboxylic acids is 2. The molecular weight excluding hydrogens is 573 g/mol. The van der Waals surface area contributed by atoms with E-state index in [9.17, 15) is 14.0 Å². The quantitative estimate of drug-likeness (QED) is 0.0706. The number of alkyl carbamates (subject to hydrolysis) is 1. The van der Waals surface area contributed by atoms with Crippen LogP contribution < -0.4 is 10.1 Å². The van der Waals surface area contributed by atoms with Gasteiger partial charge in [-0.25, -0.2) is 14.0 Å². The number of esters is 1. The molecule has 0 unspecified atom stereocenters. The van der Waals surface area contributed by atoms with Gasteiger partial charge in [0.05, 0.1) is 20.3 Å². The number of nitrogens with one attached hydrogen (secondary N) is 1. The summed E-state index contributed by atoms with van der Waals surface area (Å²) in [7, 11) is -1.38. The highest BCUT2D eigenvalue weighted by Crippen LogP contribution is 2.26. The standard InChI is InChI=1S/C32H46FNO8Si/c1-5-40-43(41-6-2,42-7-3)24-12-21-34-32(36)39-23-11-9-8-10-22-38-30-19-18-28(25-29(30)33)27-16-13-26(14-17-27)15-20-31(35)37-4/h13-20,25H,5-12,21-24H2,1-4H3,(H,34,36)/b20-15+. The molecule has 11 heteroatoms. The molecular formula is C32H46FNO8Si. The van der Waals surface area contributed by atoms with E-state index in [1.807, 2.05) is 51.1 Å². The van der Waals surface area contributed by atoms with Crippen molar-refractivity contribution in [2.24, 2.45) is 0 Å². The molecule has 0 atom stereocenters. The van der Waals surface area contributed by atoms with Crippen molar-refractivity contribution in [1.82, 2.24) is 5.32 Å². The average molecular weight is 620 g/mol. The van der Waals surface area contributed by atoms with Crippen molar-refractivity contribution in [1.29, 1.82) is 0 Å². The van der Waals surface area contributed by atoms with Gasteiger partial charge in [0.15, 0.2) is 11.6 Å². The lowest BCUT2D eigenvalue weighted by molar-refractivity contribution is -0.134. The van der Waals surface area contributed by atoms with Crippen molar-refractivity contribution >= 4 is 26.9 Å². The maximum absolute atomic E-state index is 14.6. The van der Waals surface area contributed by atoms with Crippen LogP contribution in [0.5, 0.6) is 5.75 Å². The number of amides is 1. The van der Waals surface area contributed by atoms with E-state index >= 15 is 0 Å². The van der Waals surface area contributed by atoms with Gasteiger partial charge >= 0.3 is 20.9 Å². The summed E-state index contributed by atoms with van der Waals surface area (Å²) in [6, 6.07) is 12.9. The molecule has 0 saturated carbocycles.